The van der Waals surface area contributed by atoms with Gasteiger partial charge in [-0.2, -0.15) is 0 Å². The lowest BCUT2D eigenvalue weighted by Crippen LogP contribution is -2.31. The Morgan fingerprint density at radius 3 is 3.06 bits per heavy atom. The second-order valence-corrected chi connectivity index (χ2v) is 4.11. The van der Waals surface area contributed by atoms with Crippen LogP contribution in [0, 0.1) is 0 Å². The summed E-state index contributed by atoms with van der Waals surface area (Å²) in [5.74, 6) is 0. The van der Waals surface area contributed by atoms with Gasteiger partial charge in [-0.15, -0.1) is 0 Å². The van der Waals surface area contributed by atoms with E-state index < -0.39 is 29.7 Å². The number of aliphatic hydroxyl groups is 1. The van der Waals surface area contributed by atoms with Gasteiger partial charge in [0.05, 0.1) is 12.7 Å². The highest BCUT2D eigenvalue weighted by atomic mass is 16.6. The van der Waals surface area contributed by atoms with Crippen molar-refractivity contribution in [3.63, 3.8) is 0 Å². The lowest BCUT2D eigenvalue weighted by atomic mass is 10.2. The second kappa shape index (κ2) is 5.47. The SMILES string of the molecule is CCOC[C@H]1O[C@@H](n2ccc(=O)[nH]c2=O)C[C@@H]1O. The third kappa shape index (κ3) is 2.69. The van der Waals surface area contributed by atoms with Crippen molar-refractivity contribution < 1.29 is 14.6 Å². The Kier molecular flexibility index (Phi) is 3.95. The van der Waals surface area contributed by atoms with Gasteiger partial charge in [-0.3, -0.25) is 14.3 Å². The highest BCUT2D eigenvalue weighted by Crippen LogP contribution is 2.27. The van der Waals surface area contributed by atoms with E-state index in [1.165, 1.54) is 16.8 Å². The van der Waals surface area contributed by atoms with Crippen molar-refractivity contribution in [3.8, 4) is 0 Å². The van der Waals surface area contributed by atoms with Crippen LogP contribution in [0.3, 0.4) is 0 Å². The Balaban J connectivity index is 2.11. The quantitative estimate of drug-likeness (QED) is 0.737. The van der Waals surface area contributed by atoms with E-state index in [9.17, 15) is 14.7 Å². The van der Waals surface area contributed by atoms with Crippen molar-refractivity contribution in [1.29, 1.82) is 0 Å². The molecule has 1 aliphatic rings. The topological polar surface area (TPSA) is 93.5 Å². The Labute approximate surface area is 103 Å². The van der Waals surface area contributed by atoms with Gasteiger partial charge in [-0.1, -0.05) is 0 Å². The zero-order valence-corrected chi connectivity index (χ0v) is 10.0. The average molecular weight is 256 g/mol. The standard InChI is InChI=1S/C11H16N2O5/c1-2-17-6-8-7(14)5-10(18-8)13-4-3-9(15)12-11(13)16/h3-4,7-8,10,14H,2,5-6H2,1H3,(H,12,15,16)/t7-,8+,10+/m0/s1. The smallest absolute Gasteiger partial charge is 0.330 e. The molecule has 0 saturated carbocycles. The minimum Gasteiger partial charge on any atom is -0.390 e. The number of aromatic nitrogens is 2. The van der Waals surface area contributed by atoms with E-state index in [-0.39, 0.29) is 6.61 Å². The Bertz CT molecular complexity index is 509. The number of hydrogen-bond acceptors (Lipinski definition) is 5. The first-order valence-electron chi connectivity index (χ1n) is 5.84. The fourth-order valence-electron chi connectivity index (χ4n) is 1.92. The molecule has 0 radical (unpaired) electrons. The van der Waals surface area contributed by atoms with E-state index in [1.807, 2.05) is 6.92 Å². The molecule has 1 fully saturated rings. The van der Waals surface area contributed by atoms with E-state index in [2.05, 4.69) is 4.98 Å². The van der Waals surface area contributed by atoms with Crippen LogP contribution in [-0.2, 0) is 9.47 Å². The summed E-state index contributed by atoms with van der Waals surface area (Å²) >= 11 is 0. The highest BCUT2D eigenvalue weighted by molar-refractivity contribution is 4.88. The maximum atomic E-state index is 11.6. The van der Waals surface area contributed by atoms with Gasteiger partial charge in [0, 0.05) is 25.3 Å². The molecule has 1 aliphatic heterocycles. The van der Waals surface area contributed by atoms with Crippen LogP contribution in [0.15, 0.2) is 21.9 Å². The number of aliphatic hydroxyl groups excluding tert-OH is 1. The molecule has 18 heavy (non-hydrogen) atoms. The number of ether oxygens (including phenoxy) is 2. The van der Waals surface area contributed by atoms with E-state index in [1.54, 1.807) is 0 Å². The fraction of sp³-hybridized carbons (Fsp3) is 0.636. The molecule has 1 aromatic heterocycles. The molecule has 0 aliphatic carbocycles. The molecule has 2 heterocycles. The summed E-state index contributed by atoms with van der Waals surface area (Å²) in [4.78, 5) is 24.7. The molecule has 0 bridgehead atoms. The van der Waals surface area contributed by atoms with Gasteiger partial charge in [-0.25, -0.2) is 4.79 Å². The molecule has 0 unspecified atom stereocenters. The van der Waals surface area contributed by atoms with Crippen LogP contribution in [-0.4, -0.2) is 40.1 Å². The summed E-state index contributed by atoms with van der Waals surface area (Å²) in [6.45, 7) is 2.67. The van der Waals surface area contributed by atoms with Gasteiger partial charge in [0.25, 0.3) is 5.56 Å². The van der Waals surface area contributed by atoms with Crippen molar-refractivity contribution in [1.82, 2.24) is 9.55 Å². The van der Waals surface area contributed by atoms with Gasteiger partial charge in [0.1, 0.15) is 12.3 Å². The second-order valence-electron chi connectivity index (χ2n) is 4.11. The van der Waals surface area contributed by atoms with E-state index >= 15 is 0 Å². The molecule has 1 aromatic rings. The average Bonchev–Trinajstić information content (AvgIpc) is 2.68. The number of nitrogens with zero attached hydrogens (tertiary/aromatic N) is 1. The van der Waals surface area contributed by atoms with Crippen molar-refractivity contribution in [2.24, 2.45) is 0 Å². The summed E-state index contributed by atoms with van der Waals surface area (Å²) in [5, 5.41) is 9.80. The first-order chi connectivity index (χ1) is 8.61. The Morgan fingerprint density at radius 1 is 1.61 bits per heavy atom. The summed E-state index contributed by atoms with van der Waals surface area (Å²) in [6, 6.07) is 1.24. The van der Waals surface area contributed by atoms with Gasteiger partial charge in [-0.05, 0) is 6.92 Å². The predicted octanol–water partition coefficient (Wildman–Crippen LogP) is -0.778. The number of aromatic amines is 1. The molecular formula is C11H16N2O5. The molecule has 7 heteroatoms. The number of hydrogen-bond donors (Lipinski definition) is 2. The molecular weight excluding hydrogens is 240 g/mol. The lowest BCUT2D eigenvalue weighted by molar-refractivity contribution is -0.0616. The Morgan fingerprint density at radius 2 is 2.39 bits per heavy atom. The maximum absolute atomic E-state index is 11.6. The molecule has 100 valence electrons. The molecule has 1 saturated heterocycles. The minimum atomic E-state index is -0.680. The number of rotatable bonds is 4. The normalized spacial score (nSPS) is 27.6. The molecule has 0 amide bonds. The predicted molar refractivity (Wildman–Crippen MR) is 62.3 cm³/mol. The van der Waals surface area contributed by atoms with E-state index in [0.29, 0.717) is 13.0 Å². The van der Waals surface area contributed by atoms with Gasteiger partial charge < -0.3 is 14.6 Å². The molecule has 0 aromatic carbocycles. The van der Waals surface area contributed by atoms with Crippen LogP contribution < -0.4 is 11.2 Å². The summed E-state index contributed by atoms with van der Waals surface area (Å²) in [6.07, 6.45) is -0.0466. The van der Waals surface area contributed by atoms with Crippen LogP contribution >= 0.6 is 0 Å². The summed E-state index contributed by atoms with van der Waals surface area (Å²) in [7, 11) is 0. The third-order valence-corrected chi connectivity index (χ3v) is 2.85. The van der Waals surface area contributed by atoms with Crippen molar-refractivity contribution >= 4 is 0 Å². The zero-order valence-electron chi connectivity index (χ0n) is 10.0. The van der Waals surface area contributed by atoms with Crippen LogP contribution in [0.2, 0.25) is 0 Å². The zero-order chi connectivity index (χ0) is 13.1. The van der Waals surface area contributed by atoms with Gasteiger partial charge in [0.2, 0.25) is 0 Å². The molecule has 7 nitrogen and oxygen atoms in total. The van der Waals surface area contributed by atoms with Crippen LogP contribution in [0.1, 0.15) is 19.6 Å². The number of H-pyrrole nitrogens is 1. The van der Waals surface area contributed by atoms with Crippen molar-refractivity contribution in [2.75, 3.05) is 13.2 Å². The highest BCUT2D eigenvalue weighted by Gasteiger charge is 2.35. The van der Waals surface area contributed by atoms with Crippen LogP contribution in [0.4, 0.5) is 0 Å². The van der Waals surface area contributed by atoms with Crippen molar-refractivity contribution in [2.45, 2.75) is 31.8 Å². The molecule has 0 spiro atoms. The first kappa shape index (κ1) is 13.0. The number of nitrogens with one attached hydrogen (secondary N) is 1. The fourth-order valence-corrected chi connectivity index (χ4v) is 1.92. The molecule has 2 rings (SSSR count). The largest absolute Gasteiger partial charge is 0.390 e. The van der Waals surface area contributed by atoms with E-state index in [0.717, 1.165) is 0 Å². The van der Waals surface area contributed by atoms with Crippen LogP contribution in [0.25, 0.3) is 0 Å². The lowest BCUT2D eigenvalue weighted by Gasteiger charge is -2.15. The summed E-state index contributed by atoms with van der Waals surface area (Å²) in [5.41, 5.74) is -1.00. The van der Waals surface area contributed by atoms with Gasteiger partial charge in [0.15, 0.2) is 0 Å². The summed E-state index contributed by atoms with van der Waals surface area (Å²) < 4.78 is 12.0. The first-order valence-corrected chi connectivity index (χ1v) is 5.84. The maximum Gasteiger partial charge on any atom is 0.330 e. The van der Waals surface area contributed by atoms with Crippen LogP contribution in [0.5, 0.6) is 0 Å². The monoisotopic (exact) mass is 256 g/mol. The van der Waals surface area contributed by atoms with Gasteiger partial charge >= 0.3 is 5.69 Å². The molecule has 2 N–H and O–H groups in total. The Hall–Kier alpha value is -1.44. The third-order valence-electron chi connectivity index (χ3n) is 2.85. The van der Waals surface area contributed by atoms with E-state index in [4.69, 9.17) is 9.47 Å². The minimum absolute atomic E-state index is 0.284. The van der Waals surface area contributed by atoms with Crippen molar-refractivity contribution in [3.05, 3.63) is 33.1 Å². The molecule has 3 atom stereocenters.